The molecule has 6 aliphatic carbocycles. The van der Waals surface area contributed by atoms with Crippen LogP contribution in [0.1, 0.15) is 176 Å². The summed E-state index contributed by atoms with van der Waals surface area (Å²) in [4.78, 5) is 82.8. The van der Waals surface area contributed by atoms with Crippen LogP contribution in [0.4, 0.5) is 10.3 Å². The quantitative estimate of drug-likeness (QED) is 0.0170. The van der Waals surface area contributed by atoms with Crippen molar-refractivity contribution in [2.75, 3.05) is 83.0 Å². The Morgan fingerprint density at radius 1 is 0.443 bits per heavy atom. The number of aliphatic hydroxyl groups is 2. The molecule has 17 rings (SSSR count). The third-order valence-corrected chi connectivity index (χ3v) is 27.8. The summed E-state index contributed by atoms with van der Waals surface area (Å²) in [6.45, 7) is 37.2. The fourth-order valence-electron chi connectivity index (χ4n) is 19.3. The van der Waals surface area contributed by atoms with Crippen LogP contribution in [0.5, 0.6) is 11.6 Å². The normalized spacial score (nSPS) is 15.1. The number of nitrogens with zero attached hydrogens (tertiary/aromatic N) is 10. The molecule has 11 aromatic rings. The van der Waals surface area contributed by atoms with Gasteiger partial charge in [0.1, 0.15) is 30.6 Å². The number of fused-ring (bicyclic) bond motifs is 16. The molecule has 3 N–H and O–H groups in total. The van der Waals surface area contributed by atoms with E-state index in [1.165, 1.54) is 88.3 Å². The third-order valence-electron chi connectivity index (χ3n) is 25.1. The number of aliphatic hydroxyl groups excluding tert-OH is 2. The molecule has 1 fully saturated rings. The predicted molar refractivity (Wildman–Crippen MR) is 529 cm³/mol. The summed E-state index contributed by atoms with van der Waals surface area (Å²) < 4.78 is 42.2. The van der Waals surface area contributed by atoms with E-state index in [-0.39, 0.29) is 68.3 Å². The number of thioether (sulfide) groups is 3. The van der Waals surface area contributed by atoms with Gasteiger partial charge in [0.2, 0.25) is 11.8 Å². The molecule has 1 spiro atoms. The molecule has 0 atom stereocenters. The van der Waals surface area contributed by atoms with Crippen LogP contribution in [0.25, 0.3) is 56.3 Å². The van der Waals surface area contributed by atoms with Crippen molar-refractivity contribution in [3.8, 4) is 67.9 Å². The number of allylic oxidation sites excluding steroid dienone is 3. The Kier molecular flexibility index (Phi) is 32.7. The van der Waals surface area contributed by atoms with Crippen LogP contribution in [-0.4, -0.2) is 136 Å². The molecule has 1 saturated carbocycles. The summed E-state index contributed by atoms with van der Waals surface area (Å²) in [5.41, 5.74) is 19.7. The van der Waals surface area contributed by atoms with Gasteiger partial charge in [-0.3, -0.25) is 37.4 Å². The Hall–Kier alpha value is -10.6. The molecule has 6 aliphatic rings. The summed E-state index contributed by atoms with van der Waals surface area (Å²) in [5, 5.41) is 23.6. The molecular weight excluding hydrogens is 1700 g/mol. The number of hydrogen-bond donors (Lipinski definition) is 3. The Bertz CT molecular complexity index is 6190. The third kappa shape index (κ3) is 21.7. The zero-order chi connectivity index (χ0) is 93.4. The molecule has 0 radical (unpaired) electrons. The molecule has 21 nitrogen and oxygen atoms in total. The fourth-order valence-corrected chi connectivity index (χ4v) is 21.7. The van der Waals surface area contributed by atoms with Crippen LogP contribution >= 0.6 is 35.3 Å². The Balaban J connectivity index is 0.000000140. The maximum atomic E-state index is 13.7. The predicted octanol–water partition coefficient (Wildman–Crippen LogP) is 19.4. The van der Waals surface area contributed by atoms with Crippen LogP contribution in [0.15, 0.2) is 218 Å². The number of methoxy groups -OCH3 is 2. The van der Waals surface area contributed by atoms with Gasteiger partial charge in [0, 0.05) is 154 Å². The van der Waals surface area contributed by atoms with Gasteiger partial charge >= 0.3 is 0 Å². The summed E-state index contributed by atoms with van der Waals surface area (Å²) in [6.07, 6.45) is 17.9. The van der Waals surface area contributed by atoms with Gasteiger partial charge < -0.3 is 34.5 Å². The fraction of sp³-hybridized carbons (Fsp3) is 0.415. The highest BCUT2D eigenvalue weighted by Gasteiger charge is 2.45. The molecule has 25 heteroatoms. The summed E-state index contributed by atoms with van der Waals surface area (Å²) in [5.74, 6) is 4.42. The zero-order valence-electron chi connectivity index (χ0n) is 78.0. The molecule has 0 unspecified atom stereocenters. The maximum absolute atomic E-state index is 13.7. The number of hydrogen-bond acceptors (Lipinski definition) is 20. The van der Waals surface area contributed by atoms with E-state index in [4.69, 9.17) is 54.0 Å². The number of nitrogens with one attached hydrogen (secondary N) is 1. The van der Waals surface area contributed by atoms with Gasteiger partial charge in [-0.1, -0.05) is 256 Å². The maximum Gasteiger partial charge on any atom is 0.259 e. The number of anilines is 1. The van der Waals surface area contributed by atoms with Gasteiger partial charge in [-0.05, 0) is 117 Å². The number of rotatable bonds is 29. The van der Waals surface area contributed by atoms with Gasteiger partial charge in [0.05, 0.1) is 53.9 Å². The number of aryl methyl sites for hydroxylation is 1. The monoisotopic (exact) mass is 1830 g/mol. The molecular formula is C106H126FN11O10S3. The smallest absolute Gasteiger partial charge is 0.259 e. The van der Waals surface area contributed by atoms with E-state index in [1.54, 1.807) is 64.0 Å². The van der Waals surface area contributed by atoms with Crippen molar-refractivity contribution in [1.29, 1.82) is 0 Å². The molecule has 0 saturated heterocycles. The highest BCUT2D eigenvalue weighted by Crippen LogP contribution is 2.51. The summed E-state index contributed by atoms with van der Waals surface area (Å²) in [7, 11) is 3.35. The molecule has 5 heterocycles. The average Bonchev–Trinajstić information content (AvgIpc) is 0.705. The molecule has 6 aromatic carbocycles. The van der Waals surface area contributed by atoms with Crippen molar-refractivity contribution in [2.24, 2.45) is 0 Å². The minimum atomic E-state index is -0.290. The largest absolute Gasteiger partial charge is 0.490 e. The van der Waals surface area contributed by atoms with E-state index in [1.807, 2.05) is 66.1 Å². The van der Waals surface area contributed by atoms with Gasteiger partial charge in [-0.25, -0.2) is 29.3 Å². The van der Waals surface area contributed by atoms with Crippen LogP contribution in [0.2, 0.25) is 0 Å². The van der Waals surface area contributed by atoms with E-state index in [0.29, 0.717) is 104 Å². The minimum Gasteiger partial charge on any atom is -0.490 e. The summed E-state index contributed by atoms with van der Waals surface area (Å²) in [6, 6.07) is 47.5. The van der Waals surface area contributed by atoms with Crippen molar-refractivity contribution in [3.05, 3.63) is 292 Å². The number of aromatic nitrogens is 10. The van der Waals surface area contributed by atoms with Gasteiger partial charge in [0.25, 0.3) is 22.2 Å². The van der Waals surface area contributed by atoms with Crippen LogP contribution in [-0.2, 0) is 101 Å². The lowest BCUT2D eigenvalue weighted by atomic mass is 9.62. The van der Waals surface area contributed by atoms with Crippen LogP contribution in [0, 0.1) is 5.82 Å². The second-order valence-corrected chi connectivity index (χ2v) is 39.7. The lowest BCUT2D eigenvalue weighted by Crippen LogP contribution is -2.43. The van der Waals surface area contributed by atoms with Crippen molar-refractivity contribution >= 4 is 41.2 Å². The van der Waals surface area contributed by atoms with Gasteiger partial charge in [0.15, 0.2) is 15.5 Å². The average molecular weight is 1830 g/mol. The van der Waals surface area contributed by atoms with E-state index in [0.717, 1.165) is 154 Å². The lowest BCUT2D eigenvalue weighted by Gasteiger charge is -2.42. The number of ether oxygens (including phenoxy) is 4. The first kappa shape index (κ1) is 97.9. The SMILES string of the molecule is C=CCn1c(CCC)nc2c(c1=O)C1(CCCCC1)Cc1ccccc1-2.C=CCn1c(NCC)nc2c(c1=O)C(C)(C)Cc1ccccc1-2.C=CCn1c(SCCO)nc2c(c1=O)C(C)(C)Cc1ccccc1-2.COCCSc1nc(OCCOc2ccc(F)cc2)c2c(n1)-c1ccccc1CC2(C)C.COCCSc1nc2c(c(=O)n1CCCO)C(C)(C)Cc1ccccc1-2. The van der Waals surface area contributed by atoms with Crippen LogP contribution in [0.3, 0.4) is 0 Å². The van der Waals surface area contributed by atoms with Crippen molar-refractivity contribution in [3.63, 3.8) is 0 Å². The minimum absolute atomic E-state index is 0.000146. The molecule has 131 heavy (non-hydrogen) atoms. The first-order chi connectivity index (χ1) is 63.1. The lowest BCUT2D eigenvalue weighted by molar-refractivity contribution is 0.206. The van der Waals surface area contributed by atoms with Crippen molar-refractivity contribution in [2.45, 2.75) is 221 Å². The van der Waals surface area contributed by atoms with E-state index in [9.17, 15) is 28.7 Å². The van der Waals surface area contributed by atoms with E-state index in [2.05, 4.69) is 160 Å². The van der Waals surface area contributed by atoms with E-state index < -0.39 is 0 Å². The van der Waals surface area contributed by atoms with E-state index >= 15 is 0 Å². The number of halogens is 1. The molecule has 0 bridgehead atoms. The highest BCUT2D eigenvalue weighted by molar-refractivity contribution is 7.99. The van der Waals surface area contributed by atoms with Gasteiger partial charge in [-0.15, -0.1) is 19.7 Å². The Labute approximate surface area is 782 Å². The topological polar surface area (TPSA) is 255 Å². The molecule has 0 amide bonds. The Morgan fingerprint density at radius 2 is 0.855 bits per heavy atom. The molecule has 690 valence electrons. The highest BCUT2D eigenvalue weighted by atomic mass is 32.2. The molecule has 0 aliphatic heterocycles. The van der Waals surface area contributed by atoms with Crippen molar-refractivity contribution in [1.82, 2.24) is 48.2 Å². The van der Waals surface area contributed by atoms with Crippen LogP contribution < -0.4 is 37.0 Å². The van der Waals surface area contributed by atoms with Gasteiger partial charge in [-0.2, -0.15) is 4.98 Å². The summed E-state index contributed by atoms with van der Waals surface area (Å²) >= 11 is 4.48. The second-order valence-electron chi connectivity index (χ2n) is 36.6. The second kappa shape index (κ2) is 43.8. The number of benzene rings is 6. The Morgan fingerprint density at radius 3 is 1.34 bits per heavy atom. The standard InChI is InChI=1S/C25H27FN2O3S.C23H28N2O.C20H26N2O3S.C19H23N3O.C19H22N2O2S/c1-25(2)16-17-6-4-5-7-20(17)22-21(25)23(28-24(27-22)32-15-14-29-3)31-13-12-30-19-10-8-18(26)9-11-19;1-3-10-19-24-21-18-12-7-6-11-17(18)16-23(13-8-5-9-14-23)20(21)22(26)25(19)15-4-2;1-20(2)13-14-7-4-5-8-15(14)17-16(20)18(24)22(9-6-10-23)19(21-17)26-12-11-25-3;1-5-11-22-17(23)15-16(21-18(22)20-6-2)14-10-8-7-9-13(14)12-19(15,3)4;1-4-9-21-17(23)15-16(20-18(21)24-11-10-22)14-8-6-5-7-13(14)12-19(15,2)3/h4-11H,12-16H2,1-3H3;4,6-7,11-12H,2-3,5,8-10,13-16H2,1H3;4-5,7-8,23H,6,9-13H2,1-3H3;5,7-10H,1,6,11-12H2,2-4H3,(H,20,21);4-8,22H,1,9-12H2,2-3H3. The first-order valence-corrected chi connectivity index (χ1v) is 48.7. The zero-order valence-corrected chi connectivity index (χ0v) is 80.5. The molecule has 5 aromatic heterocycles. The first-order valence-electron chi connectivity index (χ1n) is 45.8. The van der Waals surface area contributed by atoms with Crippen molar-refractivity contribution < 1.29 is 33.6 Å².